The van der Waals surface area contributed by atoms with Crippen molar-refractivity contribution in [3.63, 3.8) is 0 Å². The molecule has 0 bridgehead atoms. The molecule has 0 aliphatic carbocycles. The largest absolute Gasteiger partial charge is 0.474 e. The molecule has 1 aliphatic rings. The molecule has 1 aliphatic heterocycles. The van der Waals surface area contributed by atoms with E-state index < -0.39 is 0 Å². The third-order valence-electron chi connectivity index (χ3n) is 4.85. The Morgan fingerprint density at radius 2 is 1.90 bits per heavy atom. The number of hydrogen-bond donors (Lipinski definition) is 0. The molecular weight excluding hydrogens is 436 g/mol. The lowest BCUT2D eigenvalue weighted by molar-refractivity contribution is 0.0511. The van der Waals surface area contributed by atoms with Gasteiger partial charge in [0.1, 0.15) is 6.10 Å². The number of piperidine rings is 1. The molecule has 3 aromatic rings. The number of pyridine rings is 1. The summed E-state index contributed by atoms with van der Waals surface area (Å²) in [6.07, 6.45) is 4.65. The summed E-state index contributed by atoms with van der Waals surface area (Å²) in [5, 5.41) is 5.40. The average Bonchev–Trinajstić information content (AvgIpc) is 3.14. The van der Waals surface area contributed by atoms with E-state index in [0.717, 1.165) is 33.9 Å². The number of carbonyl (C=O) groups excluding carboxylic acids is 1. The zero-order valence-corrected chi connectivity index (χ0v) is 18.0. The number of rotatable bonds is 4. The third kappa shape index (κ3) is 4.37. The molecule has 0 atom stereocenters. The summed E-state index contributed by atoms with van der Waals surface area (Å²) in [5.41, 5.74) is 1.91. The highest BCUT2D eigenvalue weighted by molar-refractivity contribution is 9.10. The van der Waals surface area contributed by atoms with E-state index >= 15 is 0 Å². The van der Waals surface area contributed by atoms with E-state index in [4.69, 9.17) is 9.47 Å². The monoisotopic (exact) mass is 458 g/mol. The van der Waals surface area contributed by atoms with Crippen LogP contribution >= 0.6 is 15.9 Å². The van der Waals surface area contributed by atoms with Crippen molar-refractivity contribution in [3.8, 4) is 11.6 Å². The standard InChI is InChI=1S/C21H23BrN4O3/c1-14(2)28-21(27)25-11-8-17(9-12-25)29-20-18-13-24-26(19(18)7-10-23-20)16-5-3-15(22)4-6-16/h3-7,10,13-14,17H,8-9,11-12H2,1-2H3. The molecule has 1 saturated heterocycles. The normalized spacial score (nSPS) is 15.1. The van der Waals surface area contributed by atoms with Gasteiger partial charge in [0.2, 0.25) is 5.88 Å². The van der Waals surface area contributed by atoms with Gasteiger partial charge in [-0.1, -0.05) is 15.9 Å². The Balaban J connectivity index is 1.47. The quantitative estimate of drug-likeness (QED) is 0.572. The highest BCUT2D eigenvalue weighted by atomic mass is 79.9. The number of nitrogens with zero attached hydrogens (tertiary/aromatic N) is 4. The first-order valence-electron chi connectivity index (χ1n) is 9.72. The van der Waals surface area contributed by atoms with E-state index in [9.17, 15) is 4.79 Å². The number of carbonyl (C=O) groups is 1. The van der Waals surface area contributed by atoms with E-state index in [-0.39, 0.29) is 18.3 Å². The average molecular weight is 459 g/mol. The number of amides is 1. The van der Waals surface area contributed by atoms with Gasteiger partial charge in [0.25, 0.3) is 0 Å². The van der Waals surface area contributed by atoms with E-state index in [1.54, 1.807) is 17.3 Å². The number of fused-ring (bicyclic) bond motifs is 1. The summed E-state index contributed by atoms with van der Waals surface area (Å²) in [4.78, 5) is 18.2. The third-order valence-corrected chi connectivity index (χ3v) is 5.38. The SMILES string of the molecule is CC(C)OC(=O)N1CCC(Oc2nccc3c2cnn3-c2ccc(Br)cc2)CC1. The van der Waals surface area contributed by atoms with Gasteiger partial charge in [-0.25, -0.2) is 14.5 Å². The van der Waals surface area contributed by atoms with Gasteiger partial charge in [-0.2, -0.15) is 5.10 Å². The summed E-state index contributed by atoms with van der Waals surface area (Å²) in [6, 6.07) is 9.91. The minimum absolute atomic E-state index is 0.00670. The number of halogens is 1. The number of ether oxygens (including phenoxy) is 2. The Kier molecular flexibility index (Phi) is 5.71. The first-order valence-corrected chi connectivity index (χ1v) is 10.5. The van der Waals surface area contributed by atoms with E-state index in [2.05, 4.69) is 26.0 Å². The van der Waals surface area contributed by atoms with Crippen LogP contribution in [0.15, 0.2) is 47.2 Å². The van der Waals surface area contributed by atoms with Gasteiger partial charge >= 0.3 is 6.09 Å². The second-order valence-corrected chi connectivity index (χ2v) is 8.23. The van der Waals surface area contributed by atoms with E-state index in [0.29, 0.717) is 19.0 Å². The highest BCUT2D eigenvalue weighted by Gasteiger charge is 2.26. The van der Waals surface area contributed by atoms with Crippen LogP contribution in [-0.4, -0.2) is 51.1 Å². The molecule has 29 heavy (non-hydrogen) atoms. The molecule has 4 rings (SSSR count). The maximum absolute atomic E-state index is 12.0. The Labute approximate surface area is 177 Å². The van der Waals surface area contributed by atoms with Crippen molar-refractivity contribution in [1.29, 1.82) is 0 Å². The van der Waals surface area contributed by atoms with Crippen molar-refractivity contribution in [3.05, 3.63) is 47.2 Å². The van der Waals surface area contributed by atoms with Gasteiger partial charge < -0.3 is 14.4 Å². The lowest BCUT2D eigenvalue weighted by atomic mass is 10.1. The molecule has 0 unspecified atom stereocenters. The lowest BCUT2D eigenvalue weighted by Gasteiger charge is -2.31. The molecule has 1 fully saturated rings. The van der Waals surface area contributed by atoms with Crippen molar-refractivity contribution in [2.24, 2.45) is 0 Å². The number of aromatic nitrogens is 3. The van der Waals surface area contributed by atoms with Crippen molar-refractivity contribution in [2.45, 2.75) is 38.9 Å². The molecule has 0 N–H and O–H groups in total. The van der Waals surface area contributed by atoms with Crippen molar-refractivity contribution < 1.29 is 14.3 Å². The fourth-order valence-corrected chi connectivity index (χ4v) is 3.66. The van der Waals surface area contributed by atoms with Crippen LogP contribution < -0.4 is 4.74 Å². The summed E-state index contributed by atoms with van der Waals surface area (Å²) in [7, 11) is 0. The molecule has 152 valence electrons. The van der Waals surface area contributed by atoms with Crippen LogP contribution in [-0.2, 0) is 4.74 Å². The van der Waals surface area contributed by atoms with Crippen molar-refractivity contribution >= 4 is 32.9 Å². The second-order valence-electron chi connectivity index (χ2n) is 7.32. The van der Waals surface area contributed by atoms with Crippen LogP contribution in [0, 0.1) is 0 Å². The topological polar surface area (TPSA) is 69.5 Å². The molecule has 7 nitrogen and oxygen atoms in total. The van der Waals surface area contributed by atoms with Crippen molar-refractivity contribution in [1.82, 2.24) is 19.7 Å². The summed E-state index contributed by atoms with van der Waals surface area (Å²) >= 11 is 3.46. The van der Waals surface area contributed by atoms with Gasteiger partial charge in [0, 0.05) is 36.6 Å². The second kappa shape index (κ2) is 8.41. The van der Waals surface area contributed by atoms with E-state index in [1.807, 2.05) is 48.9 Å². The fourth-order valence-electron chi connectivity index (χ4n) is 3.40. The molecule has 0 spiro atoms. The molecule has 0 radical (unpaired) electrons. The van der Waals surface area contributed by atoms with Crippen LogP contribution in [0.5, 0.6) is 5.88 Å². The van der Waals surface area contributed by atoms with Crippen LogP contribution in [0.4, 0.5) is 4.79 Å². The zero-order chi connectivity index (χ0) is 20.4. The Morgan fingerprint density at radius 1 is 1.17 bits per heavy atom. The predicted molar refractivity (Wildman–Crippen MR) is 113 cm³/mol. The van der Waals surface area contributed by atoms with Crippen LogP contribution in [0.3, 0.4) is 0 Å². The molecule has 1 aromatic carbocycles. The van der Waals surface area contributed by atoms with Crippen LogP contribution in [0.1, 0.15) is 26.7 Å². The summed E-state index contributed by atoms with van der Waals surface area (Å²) in [6.45, 7) is 4.94. The Morgan fingerprint density at radius 3 is 2.59 bits per heavy atom. The first-order chi connectivity index (χ1) is 14.0. The van der Waals surface area contributed by atoms with Gasteiger partial charge in [-0.15, -0.1) is 0 Å². The van der Waals surface area contributed by atoms with Gasteiger partial charge in [0.05, 0.1) is 28.9 Å². The summed E-state index contributed by atoms with van der Waals surface area (Å²) in [5.74, 6) is 0.578. The number of likely N-dealkylation sites (tertiary alicyclic amines) is 1. The molecular formula is C21H23BrN4O3. The van der Waals surface area contributed by atoms with Crippen LogP contribution in [0.25, 0.3) is 16.6 Å². The molecule has 0 saturated carbocycles. The first kappa shape index (κ1) is 19.7. The maximum atomic E-state index is 12.0. The fraction of sp³-hybridized carbons (Fsp3) is 0.381. The summed E-state index contributed by atoms with van der Waals surface area (Å²) < 4.78 is 14.4. The molecule has 1 amide bonds. The molecule has 3 heterocycles. The smallest absolute Gasteiger partial charge is 0.410 e. The van der Waals surface area contributed by atoms with E-state index in [1.165, 1.54) is 0 Å². The highest BCUT2D eigenvalue weighted by Crippen LogP contribution is 2.28. The number of benzene rings is 1. The molecule has 8 heteroatoms. The lowest BCUT2D eigenvalue weighted by Crippen LogP contribution is -2.42. The predicted octanol–water partition coefficient (Wildman–Crippen LogP) is 4.57. The Bertz CT molecular complexity index is 995. The number of hydrogen-bond acceptors (Lipinski definition) is 5. The van der Waals surface area contributed by atoms with Gasteiger partial charge in [-0.05, 0) is 44.2 Å². The van der Waals surface area contributed by atoms with Crippen LogP contribution in [0.2, 0.25) is 0 Å². The Hall–Kier alpha value is -2.61. The zero-order valence-electron chi connectivity index (χ0n) is 16.4. The maximum Gasteiger partial charge on any atom is 0.410 e. The molecule has 2 aromatic heterocycles. The van der Waals surface area contributed by atoms with Gasteiger partial charge in [0.15, 0.2) is 0 Å². The van der Waals surface area contributed by atoms with Gasteiger partial charge in [-0.3, -0.25) is 0 Å². The van der Waals surface area contributed by atoms with Crippen molar-refractivity contribution in [2.75, 3.05) is 13.1 Å². The minimum Gasteiger partial charge on any atom is -0.474 e. The minimum atomic E-state index is -0.255.